The summed E-state index contributed by atoms with van der Waals surface area (Å²) in [5, 5.41) is 3.19. The average molecular weight is 264 g/mol. The zero-order valence-corrected chi connectivity index (χ0v) is 11.6. The number of amides is 2. The number of nitrogens with one attached hydrogen (secondary N) is 1. The van der Waals surface area contributed by atoms with Gasteiger partial charge in [-0.2, -0.15) is 0 Å². The van der Waals surface area contributed by atoms with E-state index in [0.29, 0.717) is 18.4 Å². The van der Waals surface area contributed by atoms with Crippen LogP contribution in [0.5, 0.6) is 0 Å². The van der Waals surface area contributed by atoms with Crippen LogP contribution in [-0.2, 0) is 9.59 Å². The van der Waals surface area contributed by atoms with Gasteiger partial charge in [0.05, 0.1) is 6.54 Å². The third kappa shape index (κ3) is 2.77. The fourth-order valence-corrected chi connectivity index (χ4v) is 4.20. The highest BCUT2D eigenvalue weighted by Gasteiger charge is 2.39. The summed E-state index contributed by atoms with van der Waals surface area (Å²) in [5.74, 6) is 1.75. The van der Waals surface area contributed by atoms with E-state index in [2.05, 4.69) is 5.32 Å². The van der Waals surface area contributed by atoms with Gasteiger partial charge in [-0.25, -0.2) is 0 Å². The van der Waals surface area contributed by atoms with Gasteiger partial charge in [-0.05, 0) is 43.9 Å². The molecule has 0 aromatic heterocycles. The Balaban J connectivity index is 1.49. The van der Waals surface area contributed by atoms with Crippen LogP contribution in [0.2, 0.25) is 0 Å². The molecule has 1 aliphatic heterocycles. The predicted octanol–water partition coefficient (Wildman–Crippen LogP) is 1.69. The minimum absolute atomic E-state index is 0.0489. The second-order valence-electron chi connectivity index (χ2n) is 6.38. The number of hydrogen-bond acceptors (Lipinski definition) is 2. The maximum atomic E-state index is 12.1. The van der Waals surface area contributed by atoms with Crippen LogP contribution in [-0.4, -0.2) is 35.8 Å². The lowest BCUT2D eigenvalue weighted by Gasteiger charge is -2.27. The Morgan fingerprint density at radius 1 is 1.16 bits per heavy atom. The van der Waals surface area contributed by atoms with Crippen LogP contribution in [0, 0.1) is 11.8 Å². The second-order valence-corrected chi connectivity index (χ2v) is 6.38. The third-order valence-corrected chi connectivity index (χ3v) is 5.19. The lowest BCUT2D eigenvalue weighted by atomic mass is 9.97. The van der Waals surface area contributed by atoms with E-state index in [-0.39, 0.29) is 18.4 Å². The molecule has 3 rings (SSSR count). The number of hydrogen-bond donors (Lipinski definition) is 1. The summed E-state index contributed by atoms with van der Waals surface area (Å²) < 4.78 is 0. The number of nitrogens with zero attached hydrogens (tertiary/aromatic N) is 1. The van der Waals surface area contributed by atoms with Gasteiger partial charge in [0.15, 0.2) is 0 Å². The lowest BCUT2D eigenvalue weighted by Crippen LogP contribution is -2.46. The van der Waals surface area contributed by atoms with Gasteiger partial charge in [0, 0.05) is 19.0 Å². The molecule has 3 aliphatic rings. The highest BCUT2D eigenvalue weighted by atomic mass is 16.2. The Kier molecular flexibility index (Phi) is 3.76. The monoisotopic (exact) mass is 264 g/mol. The topological polar surface area (TPSA) is 49.4 Å². The molecule has 0 unspecified atom stereocenters. The van der Waals surface area contributed by atoms with Gasteiger partial charge in [0.2, 0.25) is 11.8 Å². The molecule has 0 aromatic carbocycles. The summed E-state index contributed by atoms with van der Waals surface area (Å²) in [7, 11) is 0. The second kappa shape index (κ2) is 5.51. The van der Waals surface area contributed by atoms with Crippen molar-refractivity contribution in [2.24, 2.45) is 11.8 Å². The molecule has 4 heteroatoms. The van der Waals surface area contributed by atoms with E-state index < -0.39 is 0 Å². The first-order chi connectivity index (χ1) is 9.24. The molecule has 2 aliphatic carbocycles. The van der Waals surface area contributed by atoms with Crippen LogP contribution in [0.15, 0.2) is 0 Å². The summed E-state index contributed by atoms with van der Waals surface area (Å²) in [4.78, 5) is 25.5. The zero-order valence-electron chi connectivity index (χ0n) is 11.6. The van der Waals surface area contributed by atoms with E-state index in [4.69, 9.17) is 0 Å². The number of fused-ring (bicyclic) bond motifs is 1. The number of carbonyl (C=O) groups is 2. The van der Waals surface area contributed by atoms with E-state index >= 15 is 0 Å². The van der Waals surface area contributed by atoms with E-state index in [9.17, 15) is 9.59 Å². The smallest absolute Gasteiger partial charge is 0.239 e. The maximum absolute atomic E-state index is 12.1. The molecule has 0 radical (unpaired) electrons. The first kappa shape index (κ1) is 12.9. The van der Waals surface area contributed by atoms with Gasteiger partial charge in [0.25, 0.3) is 0 Å². The van der Waals surface area contributed by atoms with Gasteiger partial charge >= 0.3 is 0 Å². The normalized spacial score (nSPS) is 34.4. The summed E-state index contributed by atoms with van der Waals surface area (Å²) in [6, 6.07) is 0.375. The molecule has 1 heterocycles. The highest BCUT2D eigenvalue weighted by molar-refractivity contribution is 5.85. The summed E-state index contributed by atoms with van der Waals surface area (Å²) in [6.45, 7) is 1.02. The summed E-state index contributed by atoms with van der Waals surface area (Å²) in [6.07, 6.45) is 8.98. The first-order valence-corrected chi connectivity index (χ1v) is 7.81. The van der Waals surface area contributed by atoms with Crippen molar-refractivity contribution in [2.45, 2.75) is 57.4 Å². The van der Waals surface area contributed by atoms with Gasteiger partial charge in [-0.3, -0.25) is 9.59 Å². The lowest BCUT2D eigenvalue weighted by molar-refractivity contribution is -0.138. The highest BCUT2D eigenvalue weighted by Crippen LogP contribution is 2.43. The standard InChI is InChI=1S/C15H24N2O2/c18-14(10-17-9-2-1-6-15(17)19)16-13-8-7-11-4-3-5-12(11)13/h11-13H,1-10H2,(H,16,18)/t11-,12-,13-/m0/s1. The van der Waals surface area contributed by atoms with E-state index in [1.165, 1.54) is 25.7 Å². The van der Waals surface area contributed by atoms with E-state index in [1.54, 1.807) is 4.90 Å². The number of likely N-dealkylation sites (tertiary alicyclic amines) is 1. The van der Waals surface area contributed by atoms with Crippen molar-refractivity contribution in [2.75, 3.05) is 13.1 Å². The van der Waals surface area contributed by atoms with Gasteiger partial charge in [0.1, 0.15) is 0 Å². The molecule has 106 valence electrons. The van der Waals surface area contributed by atoms with Crippen LogP contribution in [0.4, 0.5) is 0 Å². The van der Waals surface area contributed by atoms with Crippen molar-refractivity contribution in [3.63, 3.8) is 0 Å². The van der Waals surface area contributed by atoms with Crippen molar-refractivity contribution in [3.05, 3.63) is 0 Å². The molecule has 1 saturated heterocycles. The quantitative estimate of drug-likeness (QED) is 0.843. The van der Waals surface area contributed by atoms with Gasteiger partial charge in [-0.1, -0.05) is 12.8 Å². The average Bonchev–Trinajstić information content (AvgIpc) is 2.97. The fraction of sp³-hybridized carbons (Fsp3) is 0.867. The molecule has 3 fully saturated rings. The first-order valence-electron chi connectivity index (χ1n) is 7.81. The van der Waals surface area contributed by atoms with Crippen molar-refractivity contribution in [1.82, 2.24) is 10.2 Å². The van der Waals surface area contributed by atoms with Crippen molar-refractivity contribution < 1.29 is 9.59 Å². The minimum Gasteiger partial charge on any atom is -0.352 e. The molecule has 19 heavy (non-hydrogen) atoms. The molecule has 4 nitrogen and oxygen atoms in total. The Bertz CT molecular complexity index is 369. The van der Waals surface area contributed by atoms with Gasteiger partial charge in [-0.15, -0.1) is 0 Å². The van der Waals surface area contributed by atoms with Crippen LogP contribution < -0.4 is 5.32 Å². The van der Waals surface area contributed by atoms with E-state index in [1.807, 2.05) is 0 Å². The Morgan fingerprint density at radius 3 is 2.89 bits per heavy atom. The van der Waals surface area contributed by atoms with E-state index in [0.717, 1.165) is 31.7 Å². The van der Waals surface area contributed by atoms with Gasteiger partial charge < -0.3 is 10.2 Å². The zero-order chi connectivity index (χ0) is 13.2. The molecule has 1 N–H and O–H groups in total. The van der Waals surface area contributed by atoms with Crippen LogP contribution in [0.25, 0.3) is 0 Å². The molecule has 2 amide bonds. The number of rotatable bonds is 3. The summed E-state index contributed by atoms with van der Waals surface area (Å²) >= 11 is 0. The predicted molar refractivity (Wildman–Crippen MR) is 72.4 cm³/mol. The summed E-state index contributed by atoms with van der Waals surface area (Å²) in [5.41, 5.74) is 0. The Morgan fingerprint density at radius 2 is 2.05 bits per heavy atom. The SMILES string of the molecule is O=C(CN1CCCCC1=O)N[C@H]1CC[C@@H]2CCC[C@@H]21. The molecule has 0 aromatic rings. The Hall–Kier alpha value is -1.06. The van der Waals surface area contributed by atoms with Crippen molar-refractivity contribution >= 4 is 11.8 Å². The van der Waals surface area contributed by atoms with Crippen molar-refractivity contribution in [3.8, 4) is 0 Å². The number of carbonyl (C=O) groups excluding carboxylic acids is 2. The maximum Gasteiger partial charge on any atom is 0.239 e. The molecular formula is C15H24N2O2. The minimum atomic E-state index is 0.0489. The molecule has 0 spiro atoms. The fourth-order valence-electron chi connectivity index (χ4n) is 4.20. The molecule has 0 bridgehead atoms. The molecular weight excluding hydrogens is 240 g/mol. The van der Waals surface area contributed by atoms with Crippen LogP contribution in [0.1, 0.15) is 51.4 Å². The Labute approximate surface area is 114 Å². The molecule has 2 saturated carbocycles. The van der Waals surface area contributed by atoms with Crippen LogP contribution >= 0.6 is 0 Å². The largest absolute Gasteiger partial charge is 0.352 e. The molecule has 3 atom stereocenters. The third-order valence-electron chi connectivity index (χ3n) is 5.19. The van der Waals surface area contributed by atoms with Crippen LogP contribution in [0.3, 0.4) is 0 Å². The number of piperidine rings is 1. The van der Waals surface area contributed by atoms with Crippen molar-refractivity contribution in [1.29, 1.82) is 0 Å².